The predicted octanol–water partition coefficient (Wildman–Crippen LogP) is 1.72. The van der Waals surface area contributed by atoms with E-state index in [-0.39, 0.29) is 5.25 Å². The molecule has 0 aliphatic rings. The maximum absolute atomic E-state index is 11.2. The highest BCUT2D eigenvalue weighted by Gasteiger charge is 2.33. The lowest BCUT2D eigenvalue weighted by atomic mass is 9.97. The molecular weight excluding hydrogens is 250 g/mol. The van der Waals surface area contributed by atoms with Crippen LogP contribution in [-0.4, -0.2) is 38.9 Å². The molecule has 1 heterocycles. The number of nitrogens with one attached hydrogen (secondary N) is 1. The highest BCUT2D eigenvalue weighted by atomic mass is 32.2. The molecule has 5 nitrogen and oxygen atoms in total. The second-order valence-electron chi connectivity index (χ2n) is 4.56. The van der Waals surface area contributed by atoms with Crippen molar-refractivity contribution in [3.05, 3.63) is 18.0 Å². The van der Waals surface area contributed by atoms with Gasteiger partial charge in [0.2, 0.25) is 0 Å². The number of hydrogen-bond acceptors (Lipinski definition) is 5. The largest absolute Gasteiger partial charge is 0.480 e. The molecule has 2 unspecified atom stereocenters. The quantitative estimate of drug-likeness (QED) is 0.605. The number of carbonyl (C=O) groups is 1. The monoisotopic (exact) mass is 269 g/mol. The summed E-state index contributed by atoms with van der Waals surface area (Å²) in [5.74, 6) is -0.845. The third kappa shape index (κ3) is 3.96. The molecule has 0 bridgehead atoms. The van der Waals surface area contributed by atoms with E-state index in [1.807, 2.05) is 13.8 Å². The van der Waals surface area contributed by atoms with Gasteiger partial charge in [-0.15, -0.1) is 0 Å². The molecule has 1 rings (SSSR count). The Morgan fingerprint density at radius 2 is 2.11 bits per heavy atom. The van der Waals surface area contributed by atoms with Crippen LogP contribution in [0.4, 0.5) is 0 Å². The van der Waals surface area contributed by atoms with Gasteiger partial charge in [0.1, 0.15) is 5.54 Å². The van der Waals surface area contributed by atoms with Crippen LogP contribution in [0.25, 0.3) is 0 Å². The Morgan fingerprint density at radius 1 is 1.56 bits per heavy atom. The summed E-state index contributed by atoms with van der Waals surface area (Å²) in [6.45, 7) is 5.59. The zero-order valence-corrected chi connectivity index (χ0v) is 11.9. The van der Waals surface area contributed by atoms with E-state index in [9.17, 15) is 9.90 Å². The summed E-state index contributed by atoms with van der Waals surface area (Å²) in [6, 6.07) is 0. The number of thioether (sulfide) groups is 1. The van der Waals surface area contributed by atoms with Crippen LogP contribution in [-0.2, 0) is 4.79 Å². The maximum atomic E-state index is 11.2. The van der Waals surface area contributed by atoms with Crippen LogP contribution in [0.15, 0.2) is 17.6 Å². The van der Waals surface area contributed by atoms with Gasteiger partial charge >= 0.3 is 5.97 Å². The van der Waals surface area contributed by atoms with Gasteiger partial charge in [-0.25, -0.2) is 9.97 Å². The van der Waals surface area contributed by atoms with Gasteiger partial charge in [-0.05, 0) is 32.9 Å². The molecule has 0 saturated carbocycles. The minimum atomic E-state index is -0.920. The first-order chi connectivity index (χ1) is 8.37. The lowest BCUT2D eigenvalue weighted by molar-refractivity contribution is -0.144. The Labute approximate surface area is 111 Å². The lowest BCUT2D eigenvalue weighted by Gasteiger charge is -2.26. The Bertz CT molecular complexity index is 410. The van der Waals surface area contributed by atoms with Gasteiger partial charge in [-0.2, -0.15) is 0 Å². The fraction of sp³-hybridized carbons (Fsp3) is 0.583. The molecule has 0 aliphatic heterocycles. The summed E-state index contributed by atoms with van der Waals surface area (Å²) in [4.78, 5) is 19.6. The third-order valence-corrected chi connectivity index (χ3v) is 3.77. The molecule has 0 spiro atoms. The number of hydrogen-bond donors (Lipinski definition) is 2. The fourth-order valence-electron chi connectivity index (χ4n) is 1.53. The number of aliphatic carboxylic acids is 1. The van der Waals surface area contributed by atoms with Crippen LogP contribution in [0.2, 0.25) is 0 Å². The van der Waals surface area contributed by atoms with E-state index in [0.717, 1.165) is 5.56 Å². The number of nitrogens with zero attached hydrogens (tertiary/aromatic N) is 2. The molecule has 0 aromatic carbocycles. The Kier molecular flexibility index (Phi) is 5.10. The first kappa shape index (κ1) is 14.9. The van der Waals surface area contributed by atoms with Crippen molar-refractivity contribution in [3.63, 3.8) is 0 Å². The normalized spacial score (nSPS) is 16.0. The van der Waals surface area contributed by atoms with E-state index in [0.29, 0.717) is 11.6 Å². The number of aryl methyl sites for hydroxylation is 1. The van der Waals surface area contributed by atoms with Crippen molar-refractivity contribution < 1.29 is 9.90 Å². The van der Waals surface area contributed by atoms with E-state index >= 15 is 0 Å². The van der Waals surface area contributed by atoms with Crippen LogP contribution >= 0.6 is 11.8 Å². The van der Waals surface area contributed by atoms with E-state index in [1.165, 1.54) is 11.8 Å². The highest BCUT2D eigenvalue weighted by Crippen LogP contribution is 2.26. The minimum absolute atomic E-state index is 0.112. The van der Waals surface area contributed by atoms with Crippen molar-refractivity contribution in [3.8, 4) is 0 Å². The SMILES string of the molecule is CNC(C)(CC(C)Sc1ncc(C)cn1)C(=O)O. The molecule has 18 heavy (non-hydrogen) atoms. The molecular formula is C12H19N3O2S. The molecule has 0 fully saturated rings. The summed E-state index contributed by atoms with van der Waals surface area (Å²) in [5.41, 5.74) is 0.0921. The van der Waals surface area contributed by atoms with Crippen LogP contribution < -0.4 is 5.32 Å². The van der Waals surface area contributed by atoms with Crippen molar-refractivity contribution in [2.24, 2.45) is 0 Å². The summed E-state index contributed by atoms with van der Waals surface area (Å²) < 4.78 is 0. The van der Waals surface area contributed by atoms with Crippen molar-refractivity contribution in [2.45, 2.75) is 43.1 Å². The van der Waals surface area contributed by atoms with E-state index in [4.69, 9.17) is 0 Å². The highest BCUT2D eigenvalue weighted by molar-refractivity contribution is 7.99. The van der Waals surface area contributed by atoms with Gasteiger partial charge in [-0.1, -0.05) is 18.7 Å². The summed E-state index contributed by atoms with van der Waals surface area (Å²) in [5, 5.41) is 12.8. The zero-order valence-electron chi connectivity index (χ0n) is 11.1. The molecule has 100 valence electrons. The molecule has 0 aliphatic carbocycles. The Morgan fingerprint density at radius 3 is 2.56 bits per heavy atom. The molecule has 0 saturated heterocycles. The van der Waals surface area contributed by atoms with Gasteiger partial charge in [0.05, 0.1) is 0 Å². The van der Waals surface area contributed by atoms with Crippen molar-refractivity contribution in [2.75, 3.05) is 7.05 Å². The molecule has 6 heteroatoms. The lowest BCUT2D eigenvalue weighted by Crippen LogP contribution is -2.49. The van der Waals surface area contributed by atoms with E-state index < -0.39 is 11.5 Å². The fourth-order valence-corrected chi connectivity index (χ4v) is 2.54. The van der Waals surface area contributed by atoms with Crippen LogP contribution in [0, 0.1) is 6.92 Å². The maximum Gasteiger partial charge on any atom is 0.323 e. The first-order valence-electron chi connectivity index (χ1n) is 5.75. The number of likely N-dealkylation sites (N-methyl/N-ethyl adjacent to an activating group) is 1. The van der Waals surface area contributed by atoms with E-state index in [2.05, 4.69) is 15.3 Å². The van der Waals surface area contributed by atoms with Crippen molar-refractivity contribution in [1.82, 2.24) is 15.3 Å². The van der Waals surface area contributed by atoms with Crippen LogP contribution in [0.1, 0.15) is 25.8 Å². The van der Waals surface area contributed by atoms with Crippen LogP contribution in [0.5, 0.6) is 0 Å². The number of carboxylic acid groups (broad SMARTS) is 1. The van der Waals surface area contributed by atoms with Crippen molar-refractivity contribution in [1.29, 1.82) is 0 Å². The molecule has 1 aromatic heterocycles. The van der Waals surface area contributed by atoms with E-state index in [1.54, 1.807) is 26.4 Å². The second-order valence-corrected chi connectivity index (χ2v) is 5.97. The summed E-state index contributed by atoms with van der Waals surface area (Å²) >= 11 is 1.49. The van der Waals surface area contributed by atoms with Gasteiger partial charge in [0, 0.05) is 17.6 Å². The molecule has 2 N–H and O–H groups in total. The molecule has 0 amide bonds. The molecule has 2 atom stereocenters. The third-order valence-electron chi connectivity index (χ3n) is 2.78. The molecule has 1 aromatic rings. The van der Waals surface area contributed by atoms with Crippen molar-refractivity contribution >= 4 is 17.7 Å². The standard InChI is InChI=1S/C12H19N3O2S/c1-8-6-14-11(15-7-8)18-9(2)5-12(3,13-4)10(16)17/h6-7,9,13H,5H2,1-4H3,(H,16,17). The Balaban J connectivity index is 2.63. The van der Waals surface area contributed by atoms with Gasteiger partial charge < -0.3 is 10.4 Å². The van der Waals surface area contributed by atoms with Gasteiger partial charge in [0.15, 0.2) is 5.16 Å². The van der Waals surface area contributed by atoms with Crippen LogP contribution in [0.3, 0.4) is 0 Å². The van der Waals surface area contributed by atoms with Gasteiger partial charge in [-0.3, -0.25) is 4.79 Å². The topological polar surface area (TPSA) is 75.1 Å². The smallest absolute Gasteiger partial charge is 0.323 e. The zero-order chi connectivity index (χ0) is 13.8. The molecule has 0 radical (unpaired) electrons. The second kappa shape index (κ2) is 6.15. The summed E-state index contributed by atoms with van der Waals surface area (Å²) in [7, 11) is 1.66. The van der Waals surface area contributed by atoms with Gasteiger partial charge in [0.25, 0.3) is 0 Å². The number of carboxylic acids is 1. The first-order valence-corrected chi connectivity index (χ1v) is 6.63. The average molecular weight is 269 g/mol. The number of aromatic nitrogens is 2. The average Bonchev–Trinajstić information content (AvgIpc) is 2.31. The minimum Gasteiger partial charge on any atom is -0.480 e. The Hall–Kier alpha value is -1.14. The summed E-state index contributed by atoms with van der Waals surface area (Å²) in [6.07, 6.45) is 4.02. The number of rotatable bonds is 6. The predicted molar refractivity (Wildman–Crippen MR) is 71.8 cm³/mol.